The third-order valence-electron chi connectivity index (χ3n) is 4.47. The Kier molecular flexibility index (Phi) is 3.43. The number of hydrogen-bond acceptors (Lipinski definition) is 2. The van der Waals surface area contributed by atoms with Crippen molar-refractivity contribution < 1.29 is 4.79 Å². The number of carbonyl (C=O) groups excluding carboxylic acids is 1. The lowest BCUT2D eigenvalue weighted by atomic mass is 9.98. The van der Waals surface area contributed by atoms with Crippen molar-refractivity contribution >= 4 is 38.2 Å². The van der Waals surface area contributed by atoms with E-state index in [1.54, 1.807) is 4.90 Å². The molecule has 4 heteroatoms. The lowest BCUT2D eigenvalue weighted by Crippen LogP contribution is -2.39. The molecule has 3 aromatic carbocycles. The Hall–Kier alpha value is -3.24. The second kappa shape index (κ2) is 5.93. The van der Waals surface area contributed by atoms with Crippen molar-refractivity contribution in [3.63, 3.8) is 0 Å². The Morgan fingerprint density at radius 1 is 0.731 bits per heavy atom. The summed E-state index contributed by atoms with van der Waals surface area (Å²) in [5, 5.41) is 0.714. The second-order valence-corrected chi connectivity index (χ2v) is 7.04. The van der Waals surface area contributed by atoms with Crippen LogP contribution in [0.2, 0.25) is 0 Å². The minimum atomic E-state index is -0.0143. The predicted molar refractivity (Wildman–Crippen MR) is 109 cm³/mol. The van der Waals surface area contributed by atoms with E-state index in [4.69, 9.17) is 4.99 Å². The molecule has 3 aromatic rings. The Morgan fingerprint density at radius 3 is 2.08 bits per heavy atom. The summed E-state index contributed by atoms with van der Waals surface area (Å²) in [5.74, 6) is -0.0143. The van der Waals surface area contributed by atoms with Gasteiger partial charge in [0, 0.05) is 11.1 Å². The van der Waals surface area contributed by atoms with Gasteiger partial charge in [0.1, 0.15) is 4.86 Å². The molecular formula is C22H14N2OS. The molecule has 0 spiro atoms. The van der Waals surface area contributed by atoms with Crippen LogP contribution in [0.1, 0.15) is 16.7 Å². The van der Waals surface area contributed by atoms with Crippen LogP contribution in [0, 0.1) is 0 Å². The van der Waals surface area contributed by atoms with Crippen LogP contribution in [0.15, 0.2) is 89.9 Å². The monoisotopic (exact) mass is 354 g/mol. The molecule has 1 amide bonds. The van der Waals surface area contributed by atoms with Crippen LogP contribution in [-0.4, -0.2) is 21.6 Å². The molecule has 0 fully saturated rings. The highest BCUT2D eigenvalue weighted by atomic mass is 32.1. The van der Waals surface area contributed by atoms with Gasteiger partial charge >= 0.3 is 0 Å². The Morgan fingerprint density at radius 2 is 1.35 bits per heavy atom. The van der Waals surface area contributed by atoms with Gasteiger partial charge in [-0.05, 0) is 11.6 Å². The largest absolute Gasteiger partial charge is 0.275 e. The molecule has 0 aromatic heterocycles. The SMILES string of the molecule is O=C1C(c2ccccc2)=S=C2N=C(c3ccccc3)c3ccccc3N12. The summed E-state index contributed by atoms with van der Waals surface area (Å²) in [4.78, 5) is 20.4. The fourth-order valence-corrected chi connectivity index (χ4v) is 4.29. The molecule has 0 saturated carbocycles. The molecule has 5 rings (SSSR count). The maximum atomic E-state index is 13.1. The van der Waals surface area contributed by atoms with E-state index in [9.17, 15) is 4.79 Å². The summed E-state index contributed by atoms with van der Waals surface area (Å²) in [6.45, 7) is 0. The first-order chi connectivity index (χ1) is 12.8. The molecule has 0 N–H and O–H groups in total. The van der Waals surface area contributed by atoms with E-state index in [1.165, 1.54) is 10.9 Å². The molecule has 0 bridgehead atoms. The molecule has 3 nitrogen and oxygen atoms in total. The van der Waals surface area contributed by atoms with Crippen molar-refractivity contribution in [2.75, 3.05) is 4.90 Å². The van der Waals surface area contributed by atoms with Gasteiger partial charge < -0.3 is 0 Å². The van der Waals surface area contributed by atoms with Crippen molar-refractivity contribution in [1.29, 1.82) is 0 Å². The minimum absolute atomic E-state index is 0.0143. The highest BCUT2D eigenvalue weighted by Gasteiger charge is 2.35. The number of benzene rings is 3. The Balaban J connectivity index is 1.74. The van der Waals surface area contributed by atoms with Crippen molar-refractivity contribution in [3.05, 3.63) is 102 Å². The Bertz CT molecular complexity index is 1130. The zero-order valence-electron chi connectivity index (χ0n) is 13.8. The van der Waals surface area contributed by atoms with Crippen molar-refractivity contribution in [1.82, 2.24) is 0 Å². The van der Waals surface area contributed by atoms with Crippen LogP contribution >= 0.6 is 10.9 Å². The number of nitrogens with zero attached hydrogens (tertiary/aromatic N) is 2. The highest BCUT2D eigenvalue weighted by Crippen LogP contribution is 2.32. The summed E-state index contributed by atoms with van der Waals surface area (Å²) in [6.07, 6.45) is 0. The van der Waals surface area contributed by atoms with E-state index in [0.717, 1.165) is 28.1 Å². The van der Waals surface area contributed by atoms with Gasteiger partial charge in [0.2, 0.25) is 0 Å². The number of fused-ring (bicyclic) bond motifs is 3. The normalized spacial score (nSPS) is 15.3. The number of carbonyl (C=O) groups is 1. The molecule has 0 saturated heterocycles. The molecule has 124 valence electrons. The molecule has 2 aliphatic heterocycles. The number of aliphatic imine (C=N–C) groups is 1. The first kappa shape index (κ1) is 15.0. The lowest BCUT2D eigenvalue weighted by molar-refractivity contribution is -0.111. The van der Waals surface area contributed by atoms with E-state index in [2.05, 4.69) is 12.1 Å². The second-order valence-electron chi connectivity index (χ2n) is 6.06. The Labute approximate surface area is 154 Å². The quantitative estimate of drug-likeness (QED) is 0.642. The number of anilines is 1. The van der Waals surface area contributed by atoms with Crippen LogP contribution in [0.25, 0.3) is 0 Å². The summed E-state index contributed by atoms with van der Waals surface area (Å²) in [6, 6.07) is 27.8. The van der Waals surface area contributed by atoms with E-state index in [0.29, 0.717) is 9.98 Å². The summed E-state index contributed by atoms with van der Waals surface area (Å²) in [7, 11) is 1.44. The first-order valence-corrected chi connectivity index (χ1v) is 9.20. The fraction of sp³-hybridized carbons (Fsp3) is 0. The zero-order valence-corrected chi connectivity index (χ0v) is 14.6. The van der Waals surface area contributed by atoms with Crippen molar-refractivity contribution in [2.24, 2.45) is 4.99 Å². The molecule has 2 heterocycles. The number of para-hydroxylation sites is 1. The van der Waals surface area contributed by atoms with Crippen LogP contribution in [0.5, 0.6) is 0 Å². The smallest absolute Gasteiger partial charge is 0.267 e. The van der Waals surface area contributed by atoms with Crippen LogP contribution in [-0.2, 0) is 4.79 Å². The minimum Gasteiger partial charge on any atom is -0.267 e. The van der Waals surface area contributed by atoms with Crippen LogP contribution in [0.3, 0.4) is 0 Å². The number of amides is 1. The summed E-state index contributed by atoms with van der Waals surface area (Å²) < 4.78 is 0. The van der Waals surface area contributed by atoms with Gasteiger partial charge in [0.25, 0.3) is 5.91 Å². The third kappa shape index (κ3) is 2.27. The molecule has 0 radical (unpaired) electrons. The first-order valence-electron chi connectivity index (χ1n) is 8.38. The molecule has 2 aliphatic rings. The number of rotatable bonds is 2. The zero-order chi connectivity index (χ0) is 17.5. The van der Waals surface area contributed by atoms with E-state index < -0.39 is 0 Å². The van der Waals surface area contributed by atoms with Gasteiger partial charge in [-0.15, -0.1) is 0 Å². The van der Waals surface area contributed by atoms with Crippen molar-refractivity contribution in [2.45, 2.75) is 0 Å². The number of hydrogen-bond donors (Lipinski definition) is 0. The van der Waals surface area contributed by atoms with Gasteiger partial charge in [-0.1, -0.05) is 89.8 Å². The molecule has 26 heavy (non-hydrogen) atoms. The lowest BCUT2D eigenvalue weighted by Gasteiger charge is -2.26. The summed E-state index contributed by atoms with van der Waals surface area (Å²) >= 11 is 0. The van der Waals surface area contributed by atoms with E-state index in [-0.39, 0.29) is 5.91 Å². The molecule has 0 atom stereocenters. The molecule has 0 unspecified atom stereocenters. The van der Waals surface area contributed by atoms with Gasteiger partial charge in [0.05, 0.1) is 11.4 Å². The standard InChI is InChI=1S/C22H14N2OS/c25-21-20(16-11-5-2-6-12-16)26-22-23-19(15-9-3-1-4-10-15)17-13-7-8-14-18(17)24(21)22/h1-14H. The topological polar surface area (TPSA) is 32.7 Å². The average molecular weight is 354 g/mol. The fourth-order valence-electron chi connectivity index (χ4n) is 3.27. The van der Waals surface area contributed by atoms with Crippen LogP contribution < -0.4 is 4.90 Å². The van der Waals surface area contributed by atoms with Gasteiger partial charge in [0.15, 0.2) is 5.11 Å². The van der Waals surface area contributed by atoms with Crippen molar-refractivity contribution in [3.8, 4) is 0 Å². The van der Waals surface area contributed by atoms with E-state index in [1.807, 2.05) is 72.8 Å². The summed E-state index contributed by atoms with van der Waals surface area (Å²) in [5.41, 5.74) is 4.75. The average Bonchev–Trinajstić information content (AvgIpc) is 3.05. The van der Waals surface area contributed by atoms with Gasteiger partial charge in [-0.2, -0.15) is 0 Å². The van der Waals surface area contributed by atoms with Crippen LogP contribution in [0.4, 0.5) is 5.69 Å². The van der Waals surface area contributed by atoms with E-state index >= 15 is 0 Å². The van der Waals surface area contributed by atoms with Gasteiger partial charge in [-0.3, -0.25) is 9.69 Å². The van der Waals surface area contributed by atoms with Gasteiger partial charge in [-0.25, -0.2) is 4.99 Å². The predicted octanol–water partition coefficient (Wildman–Crippen LogP) is 3.93. The maximum absolute atomic E-state index is 13.1. The highest BCUT2D eigenvalue weighted by molar-refractivity contribution is 8.01. The molecule has 0 aliphatic carbocycles. The molecular weight excluding hydrogens is 340 g/mol. The third-order valence-corrected chi connectivity index (χ3v) is 5.54. The maximum Gasteiger partial charge on any atom is 0.275 e.